The summed E-state index contributed by atoms with van der Waals surface area (Å²) in [6, 6.07) is 8.24. The fraction of sp³-hybridized carbons (Fsp3) is 0.429. The maximum Gasteiger partial charge on any atom is 0.240 e. The molecule has 0 aliphatic rings. The smallest absolute Gasteiger partial charge is 0.240 e. The summed E-state index contributed by atoms with van der Waals surface area (Å²) in [7, 11) is 0. The van der Waals surface area contributed by atoms with Crippen molar-refractivity contribution >= 4 is 0 Å². The highest BCUT2D eigenvalue weighted by Crippen LogP contribution is 2.31. The number of nitrogens with two attached hydrogens (primary N) is 1. The Balaban J connectivity index is 2.43. The van der Waals surface area contributed by atoms with Gasteiger partial charge >= 0.3 is 0 Å². The van der Waals surface area contributed by atoms with E-state index in [9.17, 15) is 0 Å². The first kappa shape index (κ1) is 12.8. The Kier molecular flexibility index (Phi) is 4.10. The van der Waals surface area contributed by atoms with Crippen LogP contribution in [0.2, 0.25) is 0 Å². The second-order valence-electron chi connectivity index (χ2n) is 4.32. The van der Waals surface area contributed by atoms with Gasteiger partial charge in [-0.1, -0.05) is 43.3 Å². The van der Waals surface area contributed by atoms with Gasteiger partial charge in [-0.3, -0.25) is 0 Å². The van der Waals surface area contributed by atoms with E-state index in [1.54, 1.807) is 0 Å². The summed E-state index contributed by atoms with van der Waals surface area (Å²) in [6.45, 7) is 4.68. The predicted octanol–water partition coefficient (Wildman–Crippen LogP) is 3.10. The van der Waals surface area contributed by atoms with Gasteiger partial charge < -0.3 is 10.3 Å². The maximum atomic E-state index is 5.50. The van der Waals surface area contributed by atoms with Crippen LogP contribution in [0.25, 0.3) is 11.4 Å². The van der Waals surface area contributed by atoms with E-state index in [1.165, 1.54) is 5.56 Å². The average molecular weight is 245 g/mol. The molecule has 0 unspecified atom stereocenters. The Labute approximate surface area is 107 Å². The summed E-state index contributed by atoms with van der Waals surface area (Å²) in [5.41, 5.74) is 7.83. The fourth-order valence-corrected chi connectivity index (χ4v) is 2.23. The van der Waals surface area contributed by atoms with E-state index in [4.69, 9.17) is 10.3 Å². The Bertz CT molecular complexity index is 503. The quantitative estimate of drug-likeness (QED) is 0.879. The highest BCUT2D eigenvalue weighted by molar-refractivity contribution is 5.60. The van der Waals surface area contributed by atoms with Gasteiger partial charge in [-0.15, -0.1) is 0 Å². The molecule has 0 bridgehead atoms. The second kappa shape index (κ2) is 5.78. The van der Waals surface area contributed by atoms with Crippen LogP contribution in [0.3, 0.4) is 0 Å². The minimum atomic E-state index is 0.278. The molecule has 0 fully saturated rings. The van der Waals surface area contributed by atoms with Crippen LogP contribution >= 0.6 is 0 Å². The van der Waals surface area contributed by atoms with Crippen LogP contribution in [0.15, 0.2) is 28.8 Å². The van der Waals surface area contributed by atoms with Crippen molar-refractivity contribution in [3.8, 4) is 11.4 Å². The second-order valence-corrected chi connectivity index (χ2v) is 4.32. The van der Waals surface area contributed by atoms with Crippen LogP contribution in [0, 0.1) is 0 Å². The molecular formula is C14H19N3O. The molecule has 1 heterocycles. The number of rotatable bonds is 5. The van der Waals surface area contributed by atoms with Gasteiger partial charge in [-0.25, -0.2) is 0 Å². The van der Waals surface area contributed by atoms with E-state index in [2.05, 4.69) is 36.1 Å². The third-order valence-corrected chi connectivity index (χ3v) is 3.27. The third-order valence-electron chi connectivity index (χ3n) is 3.27. The van der Waals surface area contributed by atoms with Crippen molar-refractivity contribution in [2.45, 2.75) is 39.2 Å². The lowest BCUT2D eigenvalue weighted by molar-refractivity contribution is 0.380. The van der Waals surface area contributed by atoms with E-state index >= 15 is 0 Å². The number of nitrogens with zero attached hydrogens (tertiary/aromatic N) is 2. The van der Waals surface area contributed by atoms with Gasteiger partial charge in [0.15, 0.2) is 0 Å². The Morgan fingerprint density at radius 1 is 1.22 bits per heavy atom. The van der Waals surface area contributed by atoms with Gasteiger partial charge in [0.1, 0.15) is 0 Å². The van der Waals surface area contributed by atoms with Crippen molar-refractivity contribution in [1.29, 1.82) is 0 Å². The first-order chi connectivity index (χ1) is 8.80. The summed E-state index contributed by atoms with van der Waals surface area (Å²) < 4.78 is 5.08. The monoisotopic (exact) mass is 245 g/mol. The van der Waals surface area contributed by atoms with Crippen LogP contribution in [0.5, 0.6) is 0 Å². The zero-order valence-electron chi connectivity index (χ0n) is 10.9. The molecule has 2 aromatic rings. The Hall–Kier alpha value is -1.68. The zero-order chi connectivity index (χ0) is 13.0. The lowest BCUT2D eigenvalue weighted by Gasteiger charge is -2.15. The molecule has 0 aliphatic carbocycles. The van der Waals surface area contributed by atoms with E-state index in [-0.39, 0.29) is 6.54 Å². The molecule has 1 aromatic carbocycles. The van der Waals surface area contributed by atoms with E-state index in [1.807, 2.05) is 12.1 Å². The molecule has 0 spiro atoms. The molecule has 2 N–H and O–H groups in total. The van der Waals surface area contributed by atoms with Crippen molar-refractivity contribution in [2.75, 3.05) is 0 Å². The molecule has 0 amide bonds. The molecule has 0 saturated carbocycles. The van der Waals surface area contributed by atoms with Crippen molar-refractivity contribution in [1.82, 2.24) is 10.1 Å². The van der Waals surface area contributed by atoms with Crippen molar-refractivity contribution in [3.63, 3.8) is 0 Å². The summed E-state index contributed by atoms with van der Waals surface area (Å²) >= 11 is 0. The Morgan fingerprint density at radius 2 is 1.94 bits per heavy atom. The highest BCUT2D eigenvalue weighted by atomic mass is 16.5. The van der Waals surface area contributed by atoms with E-state index < -0.39 is 0 Å². The topological polar surface area (TPSA) is 64.9 Å². The standard InChI is InChI=1S/C14H19N3O/c1-3-10(4-2)11-7-5-6-8-12(11)14-16-13(9-15)18-17-14/h5-8,10H,3-4,9,15H2,1-2H3. The number of aromatic nitrogens is 2. The predicted molar refractivity (Wildman–Crippen MR) is 70.9 cm³/mol. The van der Waals surface area contributed by atoms with Gasteiger partial charge in [0, 0.05) is 5.56 Å². The van der Waals surface area contributed by atoms with Gasteiger partial charge in [-0.2, -0.15) is 4.98 Å². The molecule has 4 heteroatoms. The van der Waals surface area contributed by atoms with Crippen LogP contribution in [0.4, 0.5) is 0 Å². The van der Waals surface area contributed by atoms with E-state index in [0.29, 0.717) is 17.6 Å². The molecule has 18 heavy (non-hydrogen) atoms. The molecule has 0 aliphatic heterocycles. The number of benzene rings is 1. The van der Waals surface area contributed by atoms with Crippen molar-refractivity contribution in [3.05, 3.63) is 35.7 Å². The molecule has 0 saturated heterocycles. The van der Waals surface area contributed by atoms with Crippen LogP contribution in [0.1, 0.15) is 44.1 Å². The molecule has 96 valence electrons. The lowest BCUT2D eigenvalue weighted by atomic mass is 9.90. The normalized spacial score (nSPS) is 11.1. The van der Waals surface area contributed by atoms with E-state index in [0.717, 1.165) is 18.4 Å². The molecule has 0 radical (unpaired) electrons. The molecule has 4 nitrogen and oxygen atoms in total. The Morgan fingerprint density at radius 3 is 2.56 bits per heavy atom. The van der Waals surface area contributed by atoms with Gasteiger partial charge in [0.25, 0.3) is 0 Å². The largest absolute Gasteiger partial charge is 0.338 e. The summed E-state index contributed by atoms with van der Waals surface area (Å²) in [6.07, 6.45) is 2.21. The molecule has 0 atom stereocenters. The summed E-state index contributed by atoms with van der Waals surface area (Å²) in [4.78, 5) is 4.31. The SMILES string of the molecule is CCC(CC)c1ccccc1-c1noc(CN)n1. The first-order valence-electron chi connectivity index (χ1n) is 6.42. The highest BCUT2D eigenvalue weighted by Gasteiger charge is 2.16. The minimum Gasteiger partial charge on any atom is -0.338 e. The van der Waals surface area contributed by atoms with Crippen LogP contribution < -0.4 is 5.73 Å². The lowest BCUT2D eigenvalue weighted by Crippen LogP contribution is -1.99. The summed E-state index contributed by atoms with van der Waals surface area (Å²) in [5.74, 6) is 1.64. The number of hydrogen-bond acceptors (Lipinski definition) is 4. The number of hydrogen-bond donors (Lipinski definition) is 1. The van der Waals surface area contributed by atoms with Gasteiger partial charge in [0.05, 0.1) is 6.54 Å². The third kappa shape index (κ3) is 2.43. The maximum absolute atomic E-state index is 5.50. The minimum absolute atomic E-state index is 0.278. The molecule has 1 aromatic heterocycles. The molecule has 2 rings (SSSR count). The molecular weight excluding hydrogens is 226 g/mol. The van der Waals surface area contributed by atoms with Crippen LogP contribution in [-0.4, -0.2) is 10.1 Å². The van der Waals surface area contributed by atoms with Gasteiger partial charge in [-0.05, 0) is 24.3 Å². The van der Waals surface area contributed by atoms with Crippen molar-refractivity contribution in [2.24, 2.45) is 5.73 Å². The average Bonchev–Trinajstić information content (AvgIpc) is 2.89. The first-order valence-corrected chi connectivity index (χ1v) is 6.42. The fourth-order valence-electron chi connectivity index (χ4n) is 2.23. The zero-order valence-corrected chi connectivity index (χ0v) is 10.9. The summed E-state index contributed by atoms with van der Waals surface area (Å²) in [5, 5.41) is 4.00. The van der Waals surface area contributed by atoms with Crippen molar-refractivity contribution < 1.29 is 4.52 Å². The van der Waals surface area contributed by atoms with Crippen LogP contribution in [-0.2, 0) is 6.54 Å². The van der Waals surface area contributed by atoms with Gasteiger partial charge in [0.2, 0.25) is 11.7 Å².